The summed E-state index contributed by atoms with van der Waals surface area (Å²) >= 11 is 3.14. The lowest BCUT2D eigenvalue weighted by Gasteiger charge is -2.31. The highest BCUT2D eigenvalue weighted by Gasteiger charge is 2.19. The van der Waals surface area contributed by atoms with Gasteiger partial charge in [-0.3, -0.25) is 4.79 Å². The molecule has 0 spiro atoms. The van der Waals surface area contributed by atoms with Crippen LogP contribution in [0.5, 0.6) is 0 Å². The Balaban J connectivity index is 1.49. The van der Waals surface area contributed by atoms with Gasteiger partial charge in [0.15, 0.2) is 0 Å². The molecule has 0 aliphatic carbocycles. The number of nitrogens with zero attached hydrogens (tertiary/aromatic N) is 3. The van der Waals surface area contributed by atoms with Gasteiger partial charge in [0.25, 0.3) is 5.91 Å². The van der Waals surface area contributed by atoms with Gasteiger partial charge in [-0.2, -0.15) is 11.3 Å². The monoisotopic (exact) mass is 399 g/mol. The van der Waals surface area contributed by atoms with Gasteiger partial charge in [-0.15, -0.1) is 11.3 Å². The molecule has 0 N–H and O–H groups in total. The molecule has 140 valence electrons. The van der Waals surface area contributed by atoms with Crippen LogP contribution in [0.2, 0.25) is 0 Å². The van der Waals surface area contributed by atoms with E-state index in [9.17, 15) is 4.79 Å². The highest BCUT2D eigenvalue weighted by atomic mass is 32.1. The van der Waals surface area contributed by atoms with Gasteiger partial charge in [-0.25, -0.2) is 4.98 Å². The van der Waals surface area contributed by atoms with Crippen molar-refractivity contribution in [3.8, 4) is 10.6 Å². The van der Waals surface area contributed by atoms with Crippen molar-refractivity contribution in [1.29, 1.82) is 0 Å². The van der Waals surface area contributed by atoms with Crippen LogP contribution in [0.15, 0.2) is 46.5 Å². The molecule has 1 fully saturated rings. The summed E-state index contributed by atoms with van der Waals surface area (Å²) in [4.78, 5) is 21.5. The molecule has 27 heavy (non-hydrogen) atoms. The molecule has 0 saturated carbocycles. The Bertz CT molecular complexity index is 902. The predicted octanol–water partition coefficient (Wildman–Crippen LogP) is 3.98. The maximum atomic E-state index is 12.9. The first-order valence-electron chi connectivity index (χ1n) is 8.86. The average molecular weight is 400 g/mol. The number of carbonyl (C=O) groups excluding carboxylic acids is 1. The zero-order valence-electron chi connectivity index (χ0n) is 15.1. The van der Waals surface area contributed by atoms with Crippen LogP contribution in [-0.2, 0) is 11.3 Å². The van der Waals surface area contributed by atoms with Crippen molar-refractivity contribution in [3.05, 3.63) is 57.7 Å². The van der Waals surface area contributed by atoms with E-state index in [-0.39, 0.29) is 5.91 Å². The van der Waals surface area contributed by atoms with E-state index in [2.05, 4.69) is 27.4 Å². The smallest absolute Gasteiger partial charge is 0.273 e. The third kappa shape index (κ3) is 4.05. The van der Waals surface area contributed by atoms with Crippen LogP contribution in [-0.4, -0.2) is 49.1 Å². The number of rotatable bonds is 5. The molecule has 1 aliphatic rings. The number of benzene rings is 1. The SMILES string of the molecule is CN(Cc1ccccc1N1CCOCC1)C(=O)c1csc(-c2ccsc2)n1. The molecule has 1 aliphatic heterocycles. The van der Waals surface area contributed by atoms with E-state index >= 15 is 0 Å². The number of thiophene rings is 1. The summed E-state index contributed by atoms with van der Waals surface area (Å²) in [7, 11) is 1.84. The molecule has 3 aromatic rings. The van der Waals surface area contributed by atoms with E-state index in [0.717, 1.165) is 42.4 Å². The summed E-state index contributed by atoms with van der Waals surface area (Å²) in [5, 5.41) is 6.81. The van der Waals surface area contributed by atoms with E-state index in [1.54, 1.807) is 16.2 Å². The first-order chi connectivity index (χ1) is 13.2. The first kappa shape index (κ1) is 18.2. The van der Waals surface area contributed by atoms with Gasteiger partial charge in [0, 0.05) is 48.7 Å². The molecule has 1 saturated heterocycles. The molecule has 1 amide bonds. The van der Waals surface area contributed by atoms with Crippen molar-refractivity contribution in [1.82, 2.24) is 9.88 Å². The number of morpholine rings is 1. The first-order valence-corrected chi connectivity index (χ1v) is 10.7. The Morgan fingerprint density at radius 3 is 2.81 bits per heavy atom. The van der Waals surface area contributed by atoms with Crippen molar-refractivity contribution in [2.24, 2.45) is 0 Å². The Hall–Kier alpha value is -2.22. The maximum Gasteiger partial charge on any atom is 0.273 e. The minimum Gasteiger partial charge on any atom is -0.378 e. The number of hydrogen-bond donors (Lipinski definition) is 0. The number of hydrogen-bond acceptors (Lipinski definition) is 6. The van der Waals surface area contributed by atoms with Crippen LogP contribution in [0.3, 0.4) is 0 Å². The van der Waals surface area contributed by atoms with E-state index in [0.29, 0.717) is 12.2 Å². The predicted molar refractivity (Wildman–Crippen MR) is 111 cm³/mol. The van der Waals surface area contributed by atoms with E-state index in [1.807, 2.05) is 36.0 Å². The fourth-order valence-electron chi connectivity index (χ4n) is 3.17. The van der Waals surface area contributed by atoms with Crippen molar-refractivity contribution in [3.63, 3.8) is 0 Å². The van der Waals surface area contributed by atoms with Crippen LogP contribution in [0, 0.1) is 0 Å². The van der Waals surface area contributed by atoms with Gasteiger partial charge >= 0.3 is 0 Å². The minimum atomic E-state index is -0.0514. The van der Waals surface area contributed by atoms with Crippen LogP contribution in [0.4, 0.5) is 5.69 Å². The highest BCUT2D eigenvalue weighted by molar-refractivity contribution is 7.14. The molecular formula is C20H21N3O2S2. The topological polar surface area (TPSA) is 45.7 Å². The summed E-state index contributed by atoms with van der Waals surface area (Å²) < 4.78 is 5.46. The lowest BCUT2D eigenvalue weighted by atomic mass is 10.1. The van der Waals surface area contributed by atoms with E-state index in [1.165, 1.54) is 17.0 Å². The van der Waals surface area contributed by atoms with E-state index < -0.39 is 0 Å². The number of para-hydroxylation sites is 1. The molecule has 4 rings (SSSR count). The van der Waals surface area contributed by atoms with Crippen LogP contribution in [0.1, 0.15) is 16.1 Å². The Labute approximate surface area is 166 Å². The molecule has 1 aromatic carbocycles. The third-order valence-corrected chi connectivity index (χ3v) is 6.16. The zero-order valence-corrected chi connectivity index (χ0v) is 16.8. The fourth-order valence-corrected chi connectivity index (χ4v) is 4.68. The average Bonchev–Trinajstić information content (AvgIpc) is 3.40. The molecule has 7 heteroatoms. The molecule has 0 unspecified atom stereocenters. The summed E-state index contributed by atoms with van der Waals surface area (Å²) in [6, 6.07) is 10.3. The number of carbonyl (C=O) groups is 1. The van der Waals surface area contributed by atoms with Crippen molar-refractivity contribution >= 4 is 34.3 Å². The zero-order chi connectivity index (χ0) is 18.6. The van der Waals surface area contributed by atoms with E-state index in [4.69, 9.17) is 4.74 Å². The van der Waals surface area contributed by atoms with Crippen molar-refractivity contribution < 1.29 is 9.53 Å². The number of anilines is 1. The second-order valence-corrected chi connectivity index (χ2v) is 8.08. The third-order valence-electron chi connectivity index (χ3n) is 4.59. The number of thiazole rings is 1. The summed E-state index contributed by atoms with van der Waals surface area (Å²) in [6.07, 6.45) is 0. The molecular weight excluding hydrogens is 378 g/mol. The Morgan fingerprint density at radius 1 is 1.22 bits per heavy atom. The van der Waals surface area contributed by atoms with Crippen molar-refractivity contribution in [2.75, 3.05) is 38.3 Å². The molecule has 5 nitrogen and oxygen atoms in total. The van der Waals surface area contributed by atoms with Crippen LogP contribution < -0.4 is 4.90 Å². The maximum absolute atomic E-state index is 12.9. The number of aromatic nitrogens is 1. The molecule has 0 radical (unpaired) electrons. The molecule has 0 bridgehead atoms. The van der Waals surface area contributed by atoms with Gasteiger partial charge in [0.2, 0.25) is 0 Å². The Morgan fingerprint density at radius 2 is 2.04 bits per heavy atom. The van der Waals surface area contributed by atoms with Gasteiger partial charge in [-0.1, -0.05) is 18.2 Å². The standard InChI is InChI=1S/C20H21N3O2S2/c1-22(20(24)17-14-27-19(21-17)16-6-11-26-13-16)12-15-4-2-3-5-18(15)23-7-9-25-10-8-23/h2-6,11,13-14H,7-10,12H2,1H3. The normalized spacial score (nSPS) is 14.3. The van der Waals surface area contributed by atoms with Gasteiger partial charge < -0.3 is 14.5 Å². The fraction of sp³-hybridized carbons (Fsp3) is 0.300. The number of amides is 1. The van der Waals surface area contributed by atoms with Gasteiger partial charge in [-0.05, 0) is 23.1 Å². The number of ether oxygens (including phenoxy) is 1. The highest BCUT2D eigenvalue weighted by Crippen LogP contribution is 2.27. The molecule has 0 atom stereocenters. The molecule has 2 aromatic heterocycles. The lowest BCUT2D eigenvalue weighted by molar-refractivity contribution is 0.0780. The van der Waals surface area contributed by atoms with Gasteiger partial charge in [0.1, 0.15) is 10.7 Å². The largest absolute Gasteiger partial charge is 0.378 e. The second-order valence-electron chi connectivity index (χ2n) is 6.44. The van der Waals surface area contributed by atoms with Crippen LogP contribution >= 0.6 is 22.7 Å². The summed E-state index contributed by atoms with van der Waals surface area (Å²) in [5.74, 6) is -0.0514. The lowest BCUT2D eigenvalue weighted by Crippen LogP contribution is -2.37. The second kappa shape index (κ2) is 8.21. The molecule has 3 heterocycles. The quantitative estimate of drug-likeness (QED) is 0.651. The minimum absolute atomic E-state index is 0.0514. The van der Waals surface area contributed by atoms with Gasteiger partial charge in [0.05, 0.1) is 13.2 Å². The van der Waals surface area contributed by atoms with Crippen molar-refractivity contribution in [2.45, 2.75) is 6.54 Å². The Kier molecular flexibility index (Phi) is 5.52. The summed E-state index contributed by atoms with van der Waals surface area (Å²) in [6.45, 7) is 3.80. The summed E-state index contributed by atoms with van der Waals surface area (Å²) in [5.41, 5.74) is 3.90. The van der Waals surface area contributed by atoms with Crippen LogP contribution in [0.25, 0.3) is 10.6 Å².